The van der Waals surface area contributed by atoms with Crippen molar-refractivity contribution < 1.29 is 13.9 Å². The van der Waals surface area contributed by atoms with Gasteiger partial charge >= 0.3 is 0 Å². The van der Waals surface area contributed by atoms with E-state index in [1.165, 1.54) is 12.1 Å². The number of anilines is 1. The molecule has 0 amide bonds. The van der Waals surface area contributed by atoms with E-state index in [1.54, 1.807) is 12.1 Å². The summed E-state index contributed by atoms with van der Waals surface area (Å²) in [4.78, 5) is 12.3. The Bertz CT molecular complexity index is 723. The van der Waals surface area contributed by atoms with Crippen LogP contribution >= 0.6 is 0 Å². The van der Waals surface area contributed by atoms with Crippen molar-refractivity contribution in [2.24, 2.45) is 0 Å². The molecule has 108 valence electrons. The van der Waals surface area contributed by atoms with Gasteiger partial charge in [0.15, 0.2) is 11.5 Å². The molecule has 21 heavy (non-hydrogen) atoms. The molecule has 0 fully saturated rings. The van der Waals surface area contributed by atoms with Crippen molar-refractivity contribution >= 4 is 11.5 Å². The minimum Gasteiger partial charge on any atom is -0.482 e. The molecular weight excluding hydrogens is 269 g/mol. The lowest BCUT2D eigenvalue weighted by Gasteiger charge is -2.27. The van der Waals surface area contributed by atoms with E-state index in [9.17, 15) is 9.18 Å². The maximum Gasteiger partial charge on any atom is 0.170 e. The first-order chi connectivity index (χ1) is 9.97. The Morgan fingerprint density at radius 2 is 1.90 bits per heavy atom. The smallest absolute Gasteiger partial charge is 0.170 e. The molecule has 0 aliphatic carbocycles. The Balaban J connectivity index is 2.04. The predicted octanol–water partition coefficient (Wildman–Crippen LogP) is 3.73. The third-order valence-corrected chi connectivity index (χ3v) is 4.02. The van der Waals surface area contributed by atoms with Crippen molar-refractivity contribution in [1.29, 1.82) is 0 Å². The molecule has 0 spiro atoms. The molecule has 3 nitrogen and oxygen atoms in total. The zero-order chi connectivity index (χ0) is 15.1. The van der Waals surface area contributed by atoms with Gasteiger partial charge in [-0.3, -0.25) is 4.79 Å². The fraction of sp³-hybridized carbons (Fsp3) is 0.235. The van der Waals surface area contributed by atoms with E-state index in [-0.39, 0.29) is 18.0 Å². The van der Waals surface area contributed by atoms with Crippen LogP contribution < -0.4 is 10.5 Å². The largest absolute Gasteiger partial charge is 0.482 e. The van der Waals surface area contributed by atoms with Crippen molar-refractivity contribution in [1.82, 2.24) is 0 Å². The Labute approximate surface area is 122 Å². The monoisotopic (exact) mass is 285 g/mol. The highest BCUT2D eigenvalue weighted by atomic mass is 19.1. The molecule has 1 unspecified atom stereocenters. The summed E-state index contributed by atoms with van der Waals surface area (Å²) in [5.41, 5.74) is 9.80. The molecule has 1 heterocycles. The fourth-order valence-electron chi connectivity index (χ4n) is 2.58. The third kappa shape index (κ3) is 2.27. The average molecular weight is 285 g/mol. The van der Waals surface area contributed by atoms with Gasteiger partial charge in [-0.25, -0.2) is 4.39 Å². The number of ketones is 1. The van der Waals surface area contributed by atoms with Gasteiger partial charge in [0.2, 0.25) is 0 Å². The SMILES string of the molecule is Cc1cc2c(c(N)c1C)OC(c1ccc(F)cc1)CC2=O. The van der Waals surface area contributed by atoms with Crippen LogP contribution in [0.25, 0.3) is 0 Å². The lowest BCUT2D eigenvalue weighted by Crippen LogP contribution is -2.22. The molecule has 0 aromatic heterocycles. The summed E-state index contributed by atoms with van der Waals surface area (Å²) in [6, 6.07) is 7.82. The summed E-state index contributed by atoms with van der Waals surface area (Å²) in [7, 11) is 0. The van der Waals surface area contributed by atoms with Gasteiger partial charge in [0, 0.05) is 0 Å². The van der Waals surface area contributed by atoms with Gasteiger partial charge < -0.3 is 10.5 Å². The van der Waals surface area contributed by atoms with Crippen molar-refractivity contribution in [3.8, 4) is 5.75 Å². The number of carbonyl (C=O) groups excluding carboxylic acids is 1. The highest BCUT2D eigenvalue weighted by Gasteiger charge is 2.30. The summed E-state index contributed by atoms with van der Waals surface area (Å²) in [5, 5.41) is 0. The van der Waals surface area contributed by atoms with Gasteiger partial charge in [0.25, 0.3) is 0 Å². The van der Waals surface area contributed by atoms with Crippen LogP contribution in [0.5, 0.6) is 5.75 Å². The summed E-state index contributed by atoms with van der Waals surface area (Å²) in [6.07, 6.45) is -0.185. The zero-order valence-electron chi connectivity index (χ0n) is 11.9. The van der Waals surface area contributed by atoms with E-state index in [1.807, 2.05) is 19.9 Å². The molecule has 1 aliphatic rings. The predicted molar refractivity (Wildman–Crippen MR) is 79.0 cm³/mol. The fourth-order valence-corrected chi connectivity index (χ4v) is 2.58. The summed E-state index contributed by atoms with van der Waals surface area (Å²) in [6.45, 7) is 3.83. The highest BCUT2D eigenvalue weighted by Crippen LogP contribution is 2.41. The number of Topliss-reactive ketones (excluding diaryl/α,β-unsaturated/α-hetero) is 1. The maximum absolute atomic E-state index is 13.0. The Morgan fingerprint density at radius 3 is 2.57 bits per heavy atom. The first-order valence-corrected chi connectivity index (χ1v) is 6.82. The minimum absolute atomic E-state index is 0.000347. The van der Waals surface area contributed by atoms with Crippen molar-refractivity contribution in [2.75, 3.05) is 5.73 Å². The van der Waals surface area contributed by atoms with Crippen LogP contribution in [-0.2, 0) is 0 Å². The molecule has 2 N–H and O–H groups in total. The van der Waals surface area contributed by atoms with Crippen LogP contribution in [0.4, 0.5) is 10.1 Å². The number of nitrogens with two attached hydrogens (primary N) is 1. The first-order valence-electron chi connectivity index (χ1n) is 6.82. The standard InChI is InChI=1S/C17H16FNO2/c1-9-7-13-14(20)8-15(11-3-5-12(18)6-4-11)21-17(13)16(19)10(9)2/h3-7,15H,8,19H2,1-2H3. The number of hydrogen-bond donors (Lipinski definition) is 1. The number of benzene rings is 2. The molecule has 3 rings (SSSR count). The van der Waals surface area contributed by atoms with Crippen LogP contribution in [0.3, 0.4) is 0 Å². The quantitative estimate of drug-likeness (QED) is 0.812. The number of halogens is 1. The van der Waals surface area contributed by atoms with Crippen LogP contribution in [0.15, 0.2) is 30.3 Å². The summed E-state index contributed by atoms with van der Waals surface area (Å²) < 4.78 is 18.9. The van der Waals surface area contributed by atoms with Crippen LogP contribution in [0.1, 0.15) is 39.6 Å². The van der Waals surface area contributed by atoms with Crippen molar-refractivity contribution in [3.63, 3.8) is 0 Å². The second-order valence-corrected chi connectivity index (χ2v) is 5.39. The summed E-state index contributed by atoms with van der Waals surface area (Å²) >= 11 is 0. The molecule has 2 aromatic rings. The number of fused-ring (bicyclic) bond motifs is 1. The number of aryl methyl sites for hydroxylation is 1. The van der Waals surface area contributed by atoms with E-state index in [2.05, 4.69) is 0 Å². The zero-order valence-corrected chi connectivity index (χ0v) is 11.9. The topological polar surface area (TPSA) is 52.3 Å². The van der Waals surface area contributed by atoms with Gasteiger partial charge in [-0.2, -0.15) is 0 Å². The van der Waals surface area contributed by atoms with E-state index in [0.717, 1.165) is 16.7 Å². The van der Waals surface area contributed by atoms with Crippen LogP contribution in [0.2, 0.25) is 0 Å². The number of ether oxygens (including phenoxy) is 1. The number of nitrogen functional groups attached to an aromatic ring is 1. The Hall–Kier alpha value is -2.36. The number of hydrogen-bond acceptors (Lipinski definition) is 3. The van der Waals surface area contributed by atoms with Gasteiger partial charge in [-0.1, -0.05) is 12.1 Å². The third-order valence-electron chi connectivity index (χ3n) is 4.02. The second-order valence-electron chi connectivity index (χ2n) is 5.39. The Morgan fingerprint density at radius 1 is 1.24 bits per heavy atom. The van der Waals surface area contributed by atoms with Crippen LogP contribution in [0, 0.1) is 19.7 Å². The van der Waals surface area contributed by atoms with E-state index in [4.69, 9.17) is 10.5 Å². The lowest BCUT2D eigenvalue weighted by molar-refractivity contribution is 0.0851. The minimum atomic E-state index is -0.421. The molecule has 0 saturated carbocycles. The van der Waals surface area contributed by atoms with Gasteiger partial charge in [0.1, 0.15) is 11.9 Å². The molecule has 4 heteroatoms. The number of rotatable bonds is 1. The first kappa shape index (κ1) is 13.6. The van der Waals surface area contributed by atoms with Gasteiger partial charge in [0.05, 0.1) is 17.7 Å². The van der Waals surface area contributed by atoms with Gasteiger partial charge in [-0.15, -0.1) is 0 Å². The molecule has 0 saturated heterocycles. The van der Waals surface area contributed by atoms with Crippen molar-refractivity contribution in [2.45, 2.75) is 26.4 Å². The lowest BCUT2D eigenvalue weighted by atomic mass is 9.92. The second kappa shape index (κ2) is 4.88. The normalized spacial score (nSPS) is 17.3. The number of carbonyl (C=O) groups is 1. The molecule has 1 atom stereocenters. The Kier molecular flexibility index (Phi) is 3.16. The molecular formula is C17H16FNO2. The summed E-state index contributed by atoms with van der Waals surface area (Å²) in [5.74, 6) is 0.135. The van der Waals surface area contributed by atoms with E-state index in [0.29, 0.717) is 17.0 Å². The van der Waals surface area contributed by atoms with E-state index >= 15 is 0 Å². The van der Waals surface area contributed by atoms with Gasteiger partial charge in [-0.05, 0) is 48.7 Å². The van der Waals surface area contributed by atoms with E-state index < -0.39 is 6.10 Å². The van der Waals surface area contributed by atoms with Crippen molar-refractivity contribution in [3.05, 3.63) is 58.4 Å². The molecule has 2 aromatic carbocycles. The van der Waals surface area contributed by atoms with Crippen LogP contribution in [-0.4, -0.2) is 5.78 Å². The molecule has 1 aliphatic heterocycles. The molecule has 0 radical (unpaired) electrons. The maximum atomic E-state index is 13.0. The average Bonchev–Trinajstić information content (AvgIpc) is 2.47. The highest BCUT2D eigenvalue weighted by molar-refractivity contribution is 6.02. The molecule has 0 bridgehead atoms.